The van der Waals surface area contributed by atoms with E-state index in [1.54, 1.807) is 0 Å². The van der Waals surface area contributed by atoms with Gasteiger partial charge in [-0.15, -0.1) is 0 Å². The lowest BCUT2D eigenvalue weighted by molar-refractivity contribution is 0.0893. The number of benzene rings is 1. The highest BCUT2D eigenvalue weighted by molar-refractivity contribution is 5.20. The summed E-state index contributed by atoms with van der Waals surface area (Å²) in [6, 6.07) is 9.57. The summed E-state index contributed by atoms with van der Waals surface area (Å²) >= 11 is 0. The highest BCUT2D eigenvalue weighted by Gasteiger charge is 2.07. The first-order chi connectivity index (χ1) is 6.68. The Balaban J connectivity index is 2.27. The van der Waals surface area contributed by atoms with Crippen molar-refractivity contribution in [3.8, 4) is 5.75 Å². The Morgan fingerprint density at radius 1 is 1.21 bits per heavy atom. The number of aliphatic hydroxyl groups is 1. The van der Waals surface area contributed by atoms with E-state index in [-0.39, 0.29) is 6.10 Å². The van der Waals surface area contributed by atoms with Crippen LogP contribution in [0.15, 0.2) is 30.3 Å². The maximum Gasteiger partial charge on any atom is 0.119 e. The molecule has 2 heteroatoms. The van der Waals surface area contributed by atoms with Gasteiger partial charge in [-0.25, -0.2) is 0 Å². The number of rotatable bonds is 5. The van der Waals surface area contributed by atoms with Gasteiger partial charge in [-0.2, -0.15) is 0 Å². The van der Waals surface area contributed by atoms with E-state index in [0.717, 1.165) is 12.2 Å². The highest BCUT2D eigenvalue weighted by Crippen LogP contribution is 2.10. The van der Waals surface area contributed by atoms with Gasteiger partial charge in [0.05, 0.1) is 6.10 Å². The van der Waals surface area contributed by atoms with E-state index in [1.165, 1.54) is 0 Å². The summed E-state index contributed by atoms with van der Waals surface area (Å²) < 4.78 is 5.42. The number of hydrogen-bond donors (Lipinski definition) is 1. The molecule has 0 spiro atoms. The van der Waals surface area contributed by atoms with Crippen LogP contribution >= 0.6 is 0 Å². The fourth-order valence-electron chi connectivity index (χ4n) is 1.32. The van der Waals surface area contributed by atoms with Crippen LogP contribution in [0.1, 0.15) is 20.3 Å². The molecule has 1 aromatic rings. The van der Waals surface area contributed by atoms with Crippen LogP contribution in [0.3, 0.4) is 0 Å². The highest BCUT2D eigenvalue weighted by atomic mass is 16.5. The molecule has 0 saturated carbocycles. The predicted molar refractivity (Wildman–Crippen MR) is 57.4 cm³/mol. The lowest BCUT2D eigenvalue weighted by Crippen LogP contribution is -2.19. The van der Waals surface area contributed by atoms with Crippen LogP contribution in [0.4, 0.5) is 0 Å². The second-order valence-corrected chi connectivity index (χ2v) is 3.91. The van der Waals surface area contributed by atoms with Crippen molar-refractivity contribution < 1.29 is 9.84 Å². The van der Waals surface area contributed by atoms with Gasteiger partial charge in [-0.1, -0.05) is 32.0 Å². The molecule has 0 radical (unpaired) electrons. The lowest BCUT2D eigenvalue weighted by atomic mass is 10.1. The van der Waals surface area contributed by atoms with E-state index < -0.39 is 0 Å². The molecule has 14 heavy (non-hydrogen) atoms. The first-order valence-corrected chi connectivity index (χ1v) is 5.04. The first-order valence-electron chi connectivity index (χ1n) is 5.04. The largest absolute Gasteiger partial charge is 0.491 e. The Bertz CT molecular complexity index is 244. The van der Waals surface area contributed by atoms with Gasteiger partial charge < -0.3 is 9.84 Å². The fourth-order valence-corrected chi connectivity index (χ4v) is 1.32. The van der Waals surface area contributed by atoms with Gasteiger partial charge in [0, 0.05) is 0 Å². The van der Waals surface area contributed by atoms with Crippen molar-refractivity contribution in [1.82, 2.24) is 0 Å². The van der Waals surface area contributed by atoms with Gasteiger partial charge in [-0.3, -0.25) is 0 Å². The van der Waals surface area contributed by atoms with E-state index >= 15 is 0 Å². The fraction of sp³-hybridized carbons (Fsp3) is 0.500. The lowest BCUT2D eigenvalue weighted by Gasteiger charge is -2.13. The molecule has 78 valence electrons. The van der Waals surface area contributed by atoms with Crippen molar-refractivity contribution in [3.05, 3.63) is 30.3 Å². The topological polar surface area (TPSA) is 29.5 Å². The summed E-state index contributed by atoms with van der Waals surface area (Å²) in [5, 5.41) is 9.56. The normalized spacial score (nSPS) is 12.9. The van der Waals surface area contributed by atoms with E-state index in [2.05, 4.69) is 13.8 Å². The van der Waals surface area contributed by atoms with Crippen LogP contribution in [0, 0.1) is 5.92 Å². The Kier molecular flexibility index (Phi) is 4.47. The summed E-state index contributed by atoms with van der Waals surface area (Å²) in [5.74, 6) is 1.32. The van der Waals surface area contributed by atoms with Crippen LogP contribution in [0.5, 0.6) is 5.75 Å². The predicted octanol–water partition coefficient (Wildman–Crippen LogP) is 2.47. The van der Waals surface area contributed by atoms with Crippen molar-refractivity contribution in [3.63, 3.8) is 0 Å². The molecular formula is C12H18O2. The summed E-state index contributed by atoms with van der Waals surface area (Å²) in [6.45, 7) is 4.56. The summed E-state index contributed by atoms with van der Waals surface area (Å²) in [6.07, 6.45) is 0.419. The Labute approximate surface area is 85.5 Å². The van der Waals surface area contributed by atoms with Crippen molar-refractivity contribution in [1.29, 1.82) is 0 Å². The van der Waals surface area contributed by atoms with Gasteiger partial charge in [0.1, 0.15) is 12.4 Å². The number of hydrogen-bond acceptors (Lipinski definition) is 2. The molecule has 1 aromatic carbocycles. The van der Waals surface area contributed by atoms with E-state index in [4.69, 9.17) is 4.74 Å². The number of ether oxygens (including phenoxy) is 1. The molecular weight excluding hydrogens is 176 g/mol. The molecule has 1 N–H and O–H groups in total. The number of aliphatic hydroxyl groups excluding tert-OH is 1. The minimum atomic E-state index is -0.366. The zero-order valence-electron chi connectivity index (χ0n) is 8.81. The molecule has 1 rings (SSSR count). The Morgan fingerprint density at radius 2 is 1.86 bits per heavy atom. The molecule has 1 atom stereocenters. The molecule has 0 amide bonds. The second-order valence-electron chi connectivity index (χ2n) is 3.91. The number of para-hydroxylation sites is 1. The molecule has 0 fully saturated rings. The van der Waals surface area contributed by atoms with Crippen LogP contribution in [0.2, 0.25) is 0 Å². The summed E-state index contributed by atoms with van der Waals surface area (Å²) in [7, 11) is 0. The smallest absolute Gasteiger partial charge is 0.119 e. The zero-order valence-corrected chi connectivity index (χ0v) is 8.81. The van der Waals surface area contributed by atoms with Crippen molar-refractivity contribution in [2.45, 2.75) is 26.4 Å². The first kappa shape index (κ1) is 11.1. The minimum Gasteiger partial charge on any atom is -0.491 e. The third-order valence-corrected chi connectivity index (χ3v) is 1.93. The van der Waals surface area contributed by atoms with Crippen LogP contribution in [-0.2, 0) is 0 Å². The monoisotopic (exact) mass is 194 g/mol. The molecule has 2 nitrogen and oxygen atoms in total. The maximum atomic E-state index is 9.56. The zero-order chi connectivity index (χ0) is 10.4. The third-order valence-electron chi connectivity index (χ3n) is 1.93. The molecule has 0 unspecified atom stereocenters. The van der Waals surface area contributed by atoms with E-state index in [0.29, 0.717) is 12.5 Å². The average molecular weight is 194 g/mol. The summed E-state index contributed by atoms with van der Waals surface area (Å²) in [5.41, 5.74) is 0. The molecule has 0 heterocycles. The molecule has 0 aromatic heterocycles. The van der Waals surface area contributed by atoms with Gasteiger partial charge in [0.25, 0.3) is 0 Å². The molecule has 0 saturated heterocycles. The third kappa shape index (κ3) is 4.28. The van der Waals surface area contributed by atoms with Crippen LogP contribution in [0.25, 0.3) is 0 Å². The quantitative estimate of drug-likeness (QED) is 0.780. The van der Waals surface area contributed by atoms with Gasteiger partial charge in [0.15, 0.2) is 0 Å². The van der Waals surface area contributed by atoms with Crippen molar-refractivity contribution in [2.75, 3.05) is 6.61 Å². The maximum absolute atomic E-state index is 9.56. The van der Waals surface area contributed by atoms with Crippen LogP contribution in [-0.4, -0.2) is 17.8 Å². The molecule has 0 aliphatic heterocycles. The SMILES string of the molecule is CC(C)C[C@@H](O)COc1ccccc1. The van der Waals surface area contributed by atoms with Gasteiger partial charge in [-0.05, 0) is 24.5 Å². The average Bonchev–Trinajstić information content (AvgIpc) is 2.15. The molecule has 0 aliphatic rings. The van der Waals surface area contributed by atoms with E-state index in [9.17, 15) is 5.11 Å². The van der Waals surface area contributed by atoms with Gasteiger partial charge in [0.2, 0.25) is 0 Å². The summed E-state index contributed by atoms with van der Waals surface area (Å²) in [4.78, 5) is 0. The Hall–Kier alpha value is -1.02. The van der Waals surface area contributed by atoms with Crippen LogP contribution < -0.4 is 4.74 Å². The standard InChI is InChI=1S/C12H18O2/c1-10(2)8-11(13)9-14-12-6-4-3-5-7-12/h3-7,10-11,13H,8-9H2,1-2H3/t11-/m1/s1. The van der Waals surface area contributed by atoms with Crippen molar-refractivity contribution >= 4 is 0 Å². The van der Waals surface area contributed by atoms with E-state index in [1.807, 2.05) is 30.3 Å². The minimum absolute atomic E-state index is 0.366. The van der Waals surface area contributed by atoms with Gasteiger partial charge >= 0.3 is 0 Å². The Morgan fingerprint density at radius 3 is 2.43 bits per heavy atom. The van der Waals surface area contributed by atoms with Crippen molar-refractivity contribution in [2.24, 2.45) is 5.92 Å². The molecule has 0 bridgehead atoms. The molecule has 0 aliphatic carbocycles. The second kappa shape index (κ2) is 5.66.